The summed E-state index contributed by atoms with van der Waals surface area (Å²) in [7, 11) is 1.66. The Balaban J connectivity index is 2.00. The summed E-state index contributed by atoms with van der Waals surface area (Å²) in [6.45, 7) is 3.10. The second kappa shape index (κ2) is 6.75. The van der Waals surface area contributed by atoms with Gasteiger partial charge in [0.1, 0.15) is 0 Å². The van der Waals surface area contributed by atoms with Gasteiger partial charge in [-0.15, -0.1) is 0 Å². The minimum atomic E-state index is 0.135. The second-order valence-corrected chi connectivity index (χ2v) is 4.67. The van der Waals surface area contributed by atoms with Gasteiger partial charge in [0.25, 0.3) is 0 Å². The Morgan fingerprint density at radius 1 is 1.37 bits per heavy atom. The molecule has 0 aliphatic carbocycles. The van der Waals surface area contributed by atoms with Crippen LogP contribution in [0.4, 0.5) is 0 Å². The number of ether oxygens (including phenoxy) is 3. The lowest BCUT2D eigenvalue weighted by Gasteiger charge is -2.22. The number of aliphatic hydroxyl groups is 1. The van der Waals surface area contributed by atoms with Crippen LogP contribution in [0, 0.1) is 0 Å². The Morgan fingerprint density at radius 3 is 2.89 bits per heavy atom. The molecule has 19 heavy (non-hydrogen) atoms. The number of aliphatic hydroxyl groups excluding tert-OH is 1. The van der Waals surface area contributed by atoms with E-state index in [2.05, 4.69) is 12.2 Å². The highest BCUT2D eigenvalue weighted by Crippen LogP contribution is 2.34. The third kappa shape index (κ3) is 3.59. The van der Waals surface area contributed by atoms with Crippen LogP contribution in [0.15, 0.2) is 18.2 Å². The predicted molar refractivity (Wildman–Crippen MR) is 71.5 cm³/mol. The molecule has 2 atom stereocenters. The predicted octanol–water partition coefficient (Wildman–Crippen LogP) is 1.46. The molecule has 0 bridgehead atoms. The summed E-state index contributed by atoms with van der Waals surface area (Å²) in [4.78, 5) is 0. The van der Waals surface area contributed by atoms with Crippen LogP contribution in [-0.4, -0.2) is 38.3 Å². The van der Waals surface area contributed by atoms with Crippen molar-refractivity contribution in [2.24, 2.45) is 0 Å². The summed E-state index contributed by atoms with van der Waals surface area (Å²) in [5, 5.41) is 12.5. The molecule has 0 saturated carbocycles. The molecular formula is C14H21NO4. The maximum Gasteiger partial charge on any atom is 0.231 e. The smallest absolute Gasteiger partial charge is 0.231 e. The second-order valence-electron chi connectivity index (χ2n) is 4.67. The normalized spacial score (nSPS) is 16.4. The number of hydrogen-bond acceptors (Lipinski definition) is 5. The molecule has 0 fully saturated rings. The van der Waals surface area contributed by atoms with E-state index < -0.39 is 0 Å². The van der Waals surface area contributed by atoms with Crippen molar-refractivity contribution in [2.45, 2.75) is 25.4 Å². The highest BCUT2D eigenvalue weighted by molar-refractivity contribution is 5.45. The summed E-state index contributed by atoms with van der Waals surface area (Å²) >= 11 is 0. The lowest BCUT2D eigenvalue weighted by molar-refractivity contribution is 0.143. The summed E-state index contributed by atoms with van der Waals surface area (Å²) in [6, 6.07) is 6.22. The topological polar surface area (TPSA) is 60.0 Å². The SMILES string of the molecule is COCC(CCO)NC(C)c1ccc2c(c1)OCO2. The average molecular weight is 267 g/mol. The zero-order chi connectivity index (χ0) is 13.7. The first-order chi connectivity index (χ1) is 9.24. The standard InChI is InChI=1S/C14H21NO4/c1-10(15-12(5-6-16)8-17-2)11-3-4-13-14(7-11)19-9-18-13/h3-4,7,10,12,15-16H,5-6,8-9H2,1-2H3. The van der Waals surface area contributed by atoms with Crippen molar-refractivity contribution in [3.63, 3.8) is 0 Å². The van der Waals surface area contributed by atoms with Crippen LogP contribution >= 0.6 is 0 Å². The van der Waals surface area contributed by atoms with Crippen LogP contribution in [0.25, 0.3) is 0 Å². The molecule has 0 aromatic heterocycles. The van der Waals surface area contributed by atoms with Gasteiger partial charge in [0.2, 0.25) is 6.79 Å². The minimum absolute atomic E-state index is 0.135. The fourth-order valence-corrected chi connectivity index (χ4v) is 2.20. The molecule has 2 N–H and O–H groups in total. The van der Waals surface area contributed by atoms with Crippen molar-refractivity contribution in [1.29, 1.82) is 0 Å². The highest BCUT2D eigenvalue weighted by Gasteiger charge is 2.17. The first-order valence-electron chi connectivity index (χ1n) is 6.50. The average Bonchev–Trinajstić information content (AvgIpc) is 2.86. The van der Waals surface area contributed by atoms with Gasteiger partial charge >= 0.3 is 0 Å². The zero-order valence-corrected chi connectivity index (χ0v) is 11.4. The molecule has 0 spiro atoms. The molecule has 1 aliphatic rings. The van der Waals surface area contributed by atoms with E-state index in [0.29, 0.717) is 13.0 Å². The van der Waals surface area contributed by atoms with Crippen LogP contribution in [0.3, 0.4) is 0 Å². The highest BCUT2D eigenvalue weighted by atomic mass is 16.7. The molecule has 0 saturated heterocycles. The van der Waals surface area contributed by atoms with Crippen LogP contribution in [0.5, 0.6) is 11.5 Å². The van der Waals surface area contributed by atoms with Crippen molar-refractivity contribution in [1.82, 2.24) is 5.32 Å². The summed E-state index contributed by atoms with van der Waals surface area (Å²) in [5.41, 5.74) is 1.13. The Labute approximate surface area is 113 Å². The van der Waals surface area contributed by atoms with Crippen molar-refractivity contribution in [3.05, 3.63) is 23.8 Å². The van der Waals surface area contributed by atoms with E-state index >= 15 is 0 Å². The van der Waals surface area contributed by atoms with Crippen molar-refractivity contribution < 1.29 is 19.3 Å². The Morgan fingerprint density at radius 2 is 2.16 bits per heavy atom. The van der Waals surface area contributed by atoms with E-state index in [1.165, 1.54) is 0 Å². The van der Waals surface area contributed by atoms with Gasteiger partial charge < -0.3 is 24.6 Å². The van der Waals surface area contributed by atoms with Gasteiger partial charge in [-0.05, 0) is 31.0 Å². The van der Waals surface area contributed by atoms with Gasteiger partial charge in [0.15, 0.2) is 11.5 Å². The fraction of sp³-hybridized carbons (Fsp3) is 0.571. The Bertz CT molecular complexity index is 404. The summed E-state index contributed by atoms with van der Waals surface area (Å²) in [6.07, 6.45) is 0.669. The maximum atomic E-state index is 9.04. The molecule has 1 heterocycles. The molecule has 1 aromatic carbocycles. The quantitative estimate of drug-likeness (QED) is 0.783. The number of methoxy groups -OCH3 is 1. The van der Waals surface area contributed by atoms with Gasteiger partial charge in [-0.25, -0.2) is 0 Å². The molecule has 0 amide bonds. The van der Waals surface area contributed by atoms with E-state index in [-0.39, 0.29) is 25.5 Å². The number of rotatable bonds is 7. The van der Waals surface area contributed by atoms with E-state index in [1.54, 1.807) is 7.11 Å². The maximum absolute atomic E-state index is 9.04. The van der Waals surface area contributed by atoms with Crippen LogP contribution in [0.2, 0.25) is 0 Å². The molecule has 1 aliphatic heterocycles. The van der Waals surface area contributed by atoms with Crippen molar-refractivity contribution >= 4 is 0 Å². The number of nitrogens with one attached hydrogen (secondary N) is 1. The van der Waals surface area contributed by atoms with E-state index in [0.717, 1.165) is 17.1 Å². The monoisotopic (exact) mass is 267 g/mol. The van der Waals surface area contributed by atoms with Crippen LogP contribution in [-0.2, 0) is 4.74 Å². The van der Waals surface area contributed by atoms with Crippen LogP contribution < -0.4 is 14.8 Å². The molecule has 2 rings (SSSR count). The van der Waals surface area contributed by atoms with Gasteiger partial charge in [0, 0.05) is 25.8 Å². The first kappa shape index (κ1) is 14.1. The number of fused-ring (bicyclic) bond motifs is 1. The van der Waals surface area contributed by atoms with Crippen molar-refractivity contribution in [3.8, 4) is 11.5 Å². The number of hydrogen-bond donors (Lipinski definition) is 2. The third-order valence-corrected chi connectivity index (χ3v) is 3.23. The zero-order valence-electron chi connectivity index (χ0n) is 11.4. The van der Waals surface area contributed by atoms with E-state index in [4.69, 9.17) is 19.3 Å². The van der Waals surface area contributed by atoms with E-state index in [1.807, 2.05) is 18.2 Å². The van der Waals surface area contributed by atoms with E-state index in [9.17, 15) is 0 Å². The minimum Gasteiger partial charge on any atom is -0.454 e. The molecule has 5 heteroatoms. The first-order valence-corrected chi connectivity index (χ1v) is 6.50. The Kier molecular flexibility index (Phi) is 5.01. The molecule has 2 unspecified atom stereocenters. The number of benzene rings is 1. The summed E-state index contributed by atoms with van der Waals surface area (Å²) in [5.74, 6) is 1.58. The van der Waals surface area contributed by atoms with Gasteiger partial charge in [-0.3, -0.25) is 0 Å². The van der Waals surface area contributed by atoms with Crippen LogP contribution in [0.1, 0.15) is 24.9 Å². The third-order valence-electron chi connectivity index (χ3n) is 3.23. The molecular weight excluding hydrogens is 246 g/mol. The largest absolute Gasteiger partial charge is 0.454 e. The lowest BCUT2D eigenvalue weighted by Crippen LogP contribution is -2.36. The van der Waals surface area contributed by atoms with Crippen molar-refractivity contribution in [2.75, 3.05) is 27.1 Å². The van der Waals surface area contributed by atoms with Gasteiger partial charge in [-0.2, -0.15) is 0 Å². The Hall–Kier alpha value is -1.30. The summed E-state index contributed by atoms with van der Waals surface area (Å²) < 4.78 is 15.8. The molecule has 0 radical (unpaired) electrons. The fourth-order valence-electron chi connectivity index (χ4n) is 2.20. The lowest BCUT2D eigenvalue weighted by atomic mass is 10.1. The van der Waals surface area contributed by atoms with Gasteiger partial charge in [-0.1, -0.05) is 6.07 Å². The molecule has 106 valence electrons. The van der Waals surface area contributed by atoms with Gasteiger partial charge in [0.05, 0.1) is 6.61 Å². The molecule has 1 aromatic rings. The molecule has 5 nitrogen and oxygen atoms in total.